The third-order valence-corrected chi connectivity index (χ3v) is 2.54. The largest absolute Gasteiger partial charge is 0.339 e. The third kappa shape index (κ3) is 3.67. The molecule has 1 aromatic carbocycles. The van der Waals surface area contributed by atoms with E-state index in [4.69, 9.17) is 4.52 Å². The van der Waals surface area contributed by atoms with E-state index in [0.717, 1.165) is 31.0 Å². The first-order chi connectivity index (χ1) is 8.38. The maximum absolute atomic E-state index is 5.15. The Morgan fingerprint density at radius 2 is 2.00 bits per heavy atom. The fraction of sp³-hybridized carbons (Fsp3) is 0.385. The number of nitrogens with zero attached hydrogens (tertiary/aromatic N) is 2. The number of hydrogen-bond donors (Lipinski definition) is 1. The van der Waals surface area contributed by atoms with Crippen LogP contribution in [0.4, 0.5) is 0 Å². The maximum atomic E-state index is 5.15. The fourth-order valence-corrected chi connectivity index (χ4v) is 1.71. The predicted molar refractivity (Wildman–Crippen MR) is 65.5 cm³/mol. The van der Waals surface area contributed by atoms with Crippen molar-refractivity contribution in [2.45, 2.75) is 25.8 Å². The molecule has 0 fully saturated rings. The quantitative estimate of drug-likeness (QED) is 0.825. The average molecular weight is 231 g/mol. The van der Waals surface area contributed by atoms with E-state index in [1.165, 1.54) is 5.56 Å². The summed E-state index contributed by atoms with van der Waals surface area (Å²) in [5.74, 6) is 1.45. The van der Waals surface area contributed by atoms with Gasteiger partial charge in [-0.3, -0.25) is 0 Å². The SMILES string of the molecule is CNCc1noc(CCCc2ccccc2)n1. The first-order valence-electron chi connectivity index (χ1n) is 5.88. The summed E-state index contributed by atoms with van der Waals surface area (Å²) in [7, 11) is 1.87. The van der Waals surface area contributed by atoms with Crippen molar-refractivity contribution in [3.05, 3.63) is 47.6 Å². The average Bonchev–Trinajstić information content (AvgIpc) is 2.79. The zero-order chi connectivity index (χ0) is 11.9. The first-order valence-corrected chi connectivity index (χ1v) is 5.88. The Kier molecular flexibility index (Phi) is 4.27. The molecule has 2 aromatic rings. The van der Waals surface area contributed by atoms with Crippen molar-refractivity contribution in [1.29, 1.82) is 0 Å². The summed E-state index contributed by atoms with van der Waals surface area (Å²) < 4.78 is 5.15. The number of aromatic nitrogens is 2. The van der Waals surface area contributed by atoms with Gasteiger partial charge in [0.25, 0.3) is 0 Å². The van der Waals surface area contributed by atoms with E-state index in [1.807, 2.05) is 13.1 Å². The summed E-state index contributed by atoms with van der Waals surface area (Å²) in [4.78, 5) is 4.29. The number of rotatable bonds is 6. The van der Waals surface area contributed by atoms with Crippen molar-refractivity contribution < 1.29 is 4.52 Å². The number of benzene rings is 1. The molecule has 0 atom stereocenters. The van der Waals surface area contributed by atoms with Gasteiger partial charge in [-0.25, -0.2) is 0 Å². The van der Waals surface area contributed by atoms with Crippen molar-refractivity contribution >= 4 is 0 Å². The molecule has 0 radical (unpaired) electrons. The van der Waals surface area contributed by atoms with Crippen LogP contribution in [0.3, 0.4) is 0 Å². The van der Waals surface area contributed by atoms with E-state index < -0.39 is 0 Å². The minimum Gasteiger partial charge on any atom is -0.339 e. The van der Waals surface area contributed by atoms with Gasteiger partial charge in [0.2, 0.25) is 5.89 Å². The molecule has 1 aromatic heterocycles. The summed E-state index contributed by atoms with van der Waals surface area (Å²) in [5.41, 5.74) is 1.35. The van der Waals surface area contributed by atoms with Crippen molar-refractivity contribution in [2.24, 2.45) is 0 Å². The van der Waals surface area contributed by atoms with Crippen LogP contribution in [-0.2, 0) is 19.4 Å². The minimum atomic E-state index is 0.655. The Bertz CT molecular complexity index is 439. The van der Waals surface area contributed by atoms with Gasteiger partial charge in [-0.2, -0.15) is 4.98 Å². The molecule has 0 saturated heterocycles. The molecule has 2 rings (SSSR count). The van der Waals surface area contributed by atoms with Crippen molar-refractivity contribution in [2.75, 3.05) is 7.05 Å². The van der Waals surface area contributed by atoms with Gasteiger partial charge in [-0.1, -0.05) is 35.5 Å². The highest BCUT2D eigenvalue weighted by Crippen LogP contribution is 2.06. The second kappa shape index (κ2) is 6.15. The van der Waals surface area contributed by atoms with E-state index in [9.17, 15) is 0 Å². The molecule has 17 heavy (non-hydrogen) atoms. The molecule has 0 aliphatic carbocycles. The van der Waals surface area contributed by atoms with E-state index in [1.54, 1.807) is 0 Å². The normalized spacial score (nSPS) is 10.6. The van der Waals surface area contributed by atoms with Gasteiger partial charge < -0.3 is 9.84 Å². The lowest BCUT2D eigenvalue weighted by molar-refractivity contribution is 0.369. The van der Waals surface area contributed by atoms with Crippen LogP contribution in [0, 0.1) is 0 Å². The second-order valence-corrected chi connectivity index (χ2v) is 3.97. The molecule has 90 valence electrons. The predicted octanol–water partition coefficient (Wildman–Crippen LogP) is 1.96. The van der Waals surface area contributed by atoms with Gasteiger partial charge in [0.05, 0.1) is 6.54 Å². The van der Waals surface area contributed by atoms with Crippen LogP contribution in [0.1, 0.15) is 23.7 Å². The summed E-state index contributed by atoms with van der Waals surface area (Å²) in [6.07, 6.45) is 2.92. The Balaban J connectivity index is 1.78. The van der Waals surface area contributed by atoms with Gasteiger partial charge in [0.15, 0.2) is 5.82 Å². The van der Waals surface area contributed by atoms with Crippen LogP contribution in [0.5, 0.6) is 0 Å². The van der Waals surface area contributed by atoms with Crippen molar-refractivity contribution in [3.63, 3.8) is 0 Å². The monoisotopic (exact) mass is 231 g/mol. The molecule has 1 heterocycles. The molecule has 0 aliphatic heterocycles. The van der Waals surface area contributed by atoms with Crippen molar-refractivity contribution in [3.8, 4) is 0 Å². The van der Waals surface area contributed by atoms with Crippen molar-refractivity contribution in [1.82, 2.24) is 15.5 Å². The number of aryl methyl sites for hydroxylation is 2. The molecule has 0 bridgehead atoms. The fourth-order valence-electron chi connectivity index (χ4n) is 1.71. The lowest BCUT2D eigenvalue weighted by Crippen LogP contribution is -2.06. The van der Waals surface area contributed by atoms with Crippen LogP contribution < -0.4 is 5.32 Å². The maximum Gasteiger partial charge on any atom is 0.226 e. The molecule has 0 spiro atoms. The Morgan fingerprint density at radius 3 is 2.76 bits per heavy atom. The molecule has 0 unspecified atom stereocenters. The highest BCUT2D eigenvalue weighted by Gasteiger charge is 2.04. The zero-order valence-electron chi connectivity index (χ0n) is 10.0. The summed E-state index contributed by atoms with van der Waals surface area (Å²) in [6.45, 7) is 0.655. The Morgan fingerprint density at radius 1 is 1.18 bits per heavy atom. The molecule has 0 saturated carbocycles. The molecule has 4 heteroatoms. The first kappa shape index (κ1) is 11.8. The van der Waals surface area contributed by atoms with E-state index in [-0.39, 0.29) is 0 Å². The highest BCUT2D eigenvalue weighted by molar-refractivity contribution is 5.14. The summed E-state index contributed by atoms with van der Waals surface area (Å²) in [5, 5.41) is 6.88. The lowest BCUT2D eigenvalue weighted by Gasteiger charge is -1.97. The van der Waals surface area contributed by atoms with Crippen LogP contribution in [0.2, 0.25) is 0 Å². The van der Waals surface area contributed by atoms with Crippen LogP contribution in [0.15, 0.2) is 34.9 Å². The van der Waals surface area contributed by atoms with E-state index >= 15 is 0 Å². The molecule has 1 N–H and O–H groups in total. The molecule has 4 nitrogen and oxygen atoms in total. The lowest BCUT2D eigenvalue weighted by atomic mass is 10.1. The van der Waals surface area contributed by atoms with Gasteiger partial charge in [0, 0.05) is 6.42 Å². The van der Waals surface area contributed by atoms with Crippen LogP contribution in [0.25, 0.3) is 0 Å². The molecular weight excluding hydrogens is 214 g/mol. The summed E-state index contributed by atoms with van der Waals surface area (Å²) >= 11 is 0. The molecule has 0 aliphatic rings. The van der Waals surface area contributed by atoms with Crippen LogP contribution in [-0.4, -0.2) is 17.2 Å². The molecule has 0 amide bonds. The summed E-state index contributed by atoms with van der Waals surface area (Å²) in [6, 6.07) is 10.4. The second-order valence-electron chi connectivity index (χ2n) is 3.97. The highest BCUT2D eigenvalue weighted by atomic mass is 16.5. The standard InChI is InChI=1S/C13H17N3O/c1-14-10-12-15-13(17-16-12)9-5-8-11-6-3-2-4-7-11/h2-4,6-7,14H,5,8-10H2,1H3. The van der Waals surface area contributed by atoms with Crippen LogP contribution >= 0.6 is 0 Å². The third-order valence-electron chi connectivity index (χ3n) is 2.54. The number of nitrogens with one attached hydrogen (secondary N) is 1. The van der Waals surface area contributed by atoms with E-state index in [0.29, 0.717) is 6.54 Å². The van der Waals surface area contributed by atoms with Gasteiger partial charge >= 0.3 is 0 Å². The van der Waals surface area contributed by atoms with Gasteiger partial charge in [-0.15, -0.1) is 0 Å². The molecular formula is C13H17N3O. The zero-order valence-corrected chi connectivity index (χ0v) is 10.0. The Hall–Kier alpha value is -1.68. The smallest absolute Gasteiger partial charge is 0.226 e. The van der Waals surface area contributed by atoms with E-state index in [2.05, 4.69) is 39.7 Å². The minimum absolute atomic E-state index is 0.655. The Labute approximate surface area is 101 Å². The van der Waals surface area contributed by atoms with Gasteiger partial charge in [0.1, 0.15) is 0 Å². The topological polar surface area (TPSA) is 51.0 Å². The van der Waals surface area contributed by atoms with Gasteiger partial charge in [-0.05, 0) is 25.5 Å². The number of hydrogen-bond acceptors (Lipinski definition) is 4.